The van der Waals surface area contributed by atoms with Crippen molar-refractivity contribution in [3.05, 3.63) is 35.1 Å². The van der Waals surface area contributed by atoms with E-state index < -0.39 is 23.9 Å². The lowest BCUT2D eigenvalue weighted by Gasteiger charge is -2.46. The van der Waals surface area contributed by atoms with E-state index >= 15 is 0 Å². The average Bonchev–Trinajstić information content (AvgIpc) is 2.61. The Morgan fingerprint density at radius 1 is 1.33 bits per heavy atom. The Balaban J connectivity index is 1.94. The van der Waals surface area contributed by atoms with E-state index in [2.05, 4.69) is 0 Å². The van der Waals surface area contributed by atoms with Gasteiger partial charge in [0.1, 0.15) is 5.82 Å². The zero-order valence-corrected chi connectivity index (χ0v) is 15.2. The minimum Gasteiger partial charge on any atom is -0.366 e. The largest absolute Gasteiger partial charge is 0.366 e. The monoisotopic (exact) mass is 377 g/mol. The van der Waals surface area contributed by atoms with Crippen LogP contribution >= 0.6 is 0 Å². The lowest BCUT2D eigenvalue weighted by molar-refractivity contribution is -0.135. The van der Waals surface area contributed by atoms with Gasteiger partial charge in [0.05, 0.1) is 12.6 Å². The third-order valence-corrected chi connectivity index (χ3v) is 5.21. The summed E-state index contributed by atoms with van der Waals surface area (Å²) in [7, 11) is 1.41. The molecule has 1 unspecified atom stereocenters. The molecule has 2 heterocycles. The van der Waals surface area contributed by atoms with Crippen molar-refractivity contribution in [1.29, 1.82) is 0 Å². The van der Waals surface area contributed by atoms with Gasteiger partial charge in [-0.3, -0.25) is 19.4 Å². The maximum Gasteiger partial charge on any atom is 0.328 e. The smallest absolute Gasteiger partial charge is 0.328 e. The fourth-order valence-electron chi connectivity index (χ4n) is 3.76. The first kappa shape index (κ1) is 19.2. The molecule has 4 N–H and O–H groups in total. The van der Waals surface area contributed by atoms with Gasteiger partial charge in [-0.05, 0) is 36.6 Å². The predicted octanol–water partition coefficient (Wildman–Crippen LogP) is 0.458. The van der Waals surface area contributed by atoms with E-state index in [9.17, 15) is 18.8 Å². The Kier molecular flexibility index (Phi) is 5.43. The summed E-state index contributed by atoms with van der Waals surface area (Å²) in [6.07, 6.45) is 1.39. The maximum atomic E-state index is 13.8. The minimum absolute atomic E-state index is 0.0249. The van der Waals surface area contributed by atoms with Gasteiger partial charge >= 0.3 is 6.03 Å². The molecule has 2 atom stereocenters. The standard InChI is InChI=1S/C18H24FN5O3/c1-22-16(25)8-15(23-6-2-3-13(20)10-23)24(18(22)27)9-11-7-12(19)4-5-14(11)17(21)26/h4-5,7,13,15H,2-3,6,8-10,20H2,1H3,(H2,21,26)/t13-,15?/m1/s1. The van der Waals surface area contributed by atoms with E-state index in [1.54, 1.807) is 0 Å². The number of halogens is 1. The van der Waals surface area contributed by atoms with E-state index in [1.807, 2.05) is 4.90 Å². The second kappa shape index (κ2) is 7.61. The lowest BCUT2D eigenvalue weighted by atomic mass is 10.0. The van der Waals surface area contributed by atoms with Gasteiger partial charge in [0.15, 0.2) is 0 Å². The molecule has 27 heavy (non-hydrogen) atoms. The molecule has 9 heteroatoms. The summed E-state index contributed by atoms with van der Waals surface area (Å²) in [5, 5.41) is 0. The number of urea groups is 1. The number of rotatable bonds is 4. The minimum atomic E-state index is -0.699. The number of nitrogens with two attached hydrogens (primary N) is 2. The van der Waals surface area contributed by atoms with Crippen LogP contribution < -0.4 is 11.5 Å². The van der Waals surface area contributed by atoms with Gasteiger partial charge < -0.3 is 16.4 Å². The van der Waals surface area contributed by atoms with Crippen LogP contribution in [0.3, 0.4) is 0 Å². The number of hydrogen-bond donors (Lipinski definition) is 2. The van der Waals surface area contributed by atoms with E-state index in [1.165, 1.54) is 24.1 Å². The van der Waals surface area contributed by atoms with Gasteiger partial charge in [0, 0.05) is 38.3 Å². The topological polar surface area (TPSA) is 113 Å². The number of imide groups is 1. The number of carbonyl (C=O) groups is 3. The Labute approximate surface area is 156 Å². The molecule has 2 saturated heterocycles. The summed E-state index contributed by atoms with van der Waals surface area (Å²) >= 11 is 0. The molecule has 0 bridgehead atoms. The van der Waals surface area contributed by atoms with Gasteiger partial charge in [-0.2, -0.15) is 0 Å². The van der Waals surface area contributed by atoms with E-state index in [0.29, 0.717) is 18.7 Å². The second-order valence-corrected chi connectivity index (χ2v) is 7.11. The highest BCUT2D eigenvalue weighted by atomic mass is 19.1. The van der Waals surface area contributed by atoms with Gasteiger partial charge in [0.2, 0.25) is 11.8 Å². The molecule has 146 valence electrons. The molecule has 3 rings (SSSR count). The highest BCUT2D eigenvalue weighted by Crippen LogP contribution is 2.26. The van der Waals surface area contributed by atoms with Crippen LogP contribution in [0.25, 0.3) is 0 Å². The van der Waals surface area contributed by atoms with E-state index in [-0.39, 0.29) is 30.5 Å². The highest BCUT2D eigenvalue weighted by Gasteiger charge is 2.41. The van der Waals surface area contributed by atoms with E-state index in [0.717, 1.165) is 23.8 Å². The molecule has 0 radical (unpaired) electrons. The Morgan fingerprint density at radius 3 is 2.74 bits per heavy atom. The Hall–Kier alpha value is -2.52. The fraction of sp³-hybridized carbons (Fsp3) is 0.500. The van der Waals surface area contributed by atoms with Crippen molar-refractivity contribution in [1.82, 2.24) is 14.7 Å². The number of amides is 4. The number of primary amides is 1. The molecule has 1 aromatic rings. The number of hydrogen-bond acceptors (Lipinski definition) is 5. The SMILES string of the molecule is CN1C(=O)CC(N2CCC[C@@H](N)C2)N(Cc2cc(F)ccc2C(N)=O)C1=O. The summed E-state index contributed by atoms with van der Waals surface area (Å²) in [6.45, 7) is 1.26. The molecule has 2 fully saturated rings. The molecule has 2 aliphatic heterocycles. The molecule has 0 aromatic heterocycles. The van der Waals surface area contributed by atoms with Crippen LogP contribution in [0.1, 0.15) is 35.2 Å². The van der Waals surface area contributed by atoms with Crippen LogP contribution in [0.4, 0.5) is 9.18 Å². The van der Waals surface area contributed by atoms with Crippen LogP contribution in [0, 0.1) is 5.82 Å². The average molecular weight is 377 g/mol. The summed E-state index contributed by atoms with van der Waals surface area (Å²) in [4.78, 5) is 41.3. The molecule has 4 amide bonds. The summed E-state index contributed by atoms with van der Waals surface area (Å²) in [5.74, 6) is -1.51. The van der Waals surface area contributed by atoms with Crippen molar-refractivity contribution in [2.45, 2.75) is 38.0 Å². The van der Waals surface area contributed by atoms with Crippen LogP contribution in [0.2, 0.25) is 0 Å². The van der Waals surface area contributed by atoms with Gasteiger partial charge in [0.25, 0.3) is 0 Å². The number of benzene rings is 1. The molecular weight excluding hydrogens is 353 g/mol. The first-order valence-corrected chi connectivity index (χ1v) is 8.93. The third kappa shape index (κ3) is 3.93. The van der Waals surface area contributed by atoms with Crippen molar-refractivity contribution in [2.75, 3.05) is 20.1 Å². The molecular formula is C18H24FN5O3. The van der Waals surface area contributed by atoms with Gasteiger partial charge in [-0.15, -0.1) is 0 Å². The summed E-state index contributed by atoms with van der Waals surface area (Å²) in [5.41, 5.74) is 11.9. The molecule has 8 nitrogen and oxygen atoms in total. The van der Waals surface area contributed by atoms with Crippen LogP contribution in [0.15, 0.2) is 18.2 Å². The van der Waals surface area contributed by atoms with Crippen molar-refractivity contribution >= 4 is 17.8 Å². The molecule has 2 aliphatic rings. The summed E-state index contributed by atoms with van der Waals surface area (Å²) < 4.78 is 13.8. The zero-order valence-electron chi connectivity index (χ0n) is 15.2. The first-order valence-electron chi connectivity index (χ1n) is 8.93. The normalized spacial score (nSPS) is 24.4. The number of carbonyl (C=O) groups excluding carboxylic acids is 3. The third-order valence-electron chi connectivity index (χ3n) is 5.21. The predicted molar refractivity (Wildman–Crippen MR) is 95.8 cm³/mol. The Bertz CT molecular complexity index is 771. The van der Waals surface area contributed by atoms with E-state index in [4.69, 9.17) is 11.5 Å². The van der Waals surface area contributed by atoms with Crippen LogP contribution in [0.5, 0.6) is 0 Å². The first-order chi connectivity index (χ1) is 12.8. The molecule has 0 saturated carbocycles. The molecule has 0 spiro atoms. The summed E-state index contributed by atoms with van der Waals surface area (Å²) in [6, 6.07) is 3.14. The maximum absolute atomic E-state index is 13.8. The zero-order chi connectivity index (χ0) is 19.7. The van der Waals surface area contributed by atoms with Crippen LogP contribution in [-0.4, -0.2) is 64.9 Å². The number of piperidine rings is 1. The molecule has 1 aromatic carbocycles. The van der Waals surface area contributed by atoms with Gasteiger partial charge in [-0.1, -0.05) is 0 Å². The molecule has 0 aliphatic carbocycles. The fourth-order valence-corrected chi connectivity index (χ4v) is 3.76. The Morgan fingerprint density at radius 2 is 2.07 bits per heavy atom. The van der Waals surface area contributed by atoms with Crippen LogP contribution in [-0.2, 0) is 11.3 Å². The lowest BCUT2D eigenvalue weighted by Crippen LogP contribution is -2.63. The number of likely N-dealkylation sites (tertiary alicyclic amines) is 1. The number of nitrogens with zero attached hydrogens (tertiary/aromatic N) is 3. The van der Waals surface area contributed by atoms with Gasteiger partial charge in [-0.25, -0.2) is 9.18 Å². The highest BCUT2D eigenvalue weighted by molar-refractivity contribution is 5.97. The van der Waals surface area contributed by atoms with Crippen molar-refractivity contribution in [2.24, 2.45) is 11.5 Å². The second-order valence-electron chi connectivity index (χ2n) is 7.11. The quantitative estimate of drug-likeness (QED) is 0.791. The van der Waals surface area contributed by atoms with Crippen molar-refractivity contribution in [3.63, 3.8) is 0 Å². The van der Waals surface area contributed by atoms with Crippen molar-refractivity contribution in [3.8, 4) is 0 Å². The van der Waals surface area contributed by atoms with Crippen molar-refractivity contribution < 1.29 is 18.8 Å².